The number of nitrogens with zero attached hydrogens (tertiary/aromatic N) is 14. The highest BCUT2D eigenvalue weighted by atomic mass is 32.1. The number of furan rings is 4. The number of fused-ring (bicyclic) bond motifs is 8. The van der Waals surface area contributed by atoms with Crippen molar-refractivity contribution in [2.75, 3.05) is 79.2 Å². The van der Waals surface area contributed by atoms with Crippen LogP contribution in [0, 0.1) is 5.92 Å². The van der Waals surface area contributed by atoms with Crippen molar-refractivity contribution in [1.29, 1.82) is 0 Å². The second-order valence-electron chi connectivity index (χ2n) is 37.2. The Morgan fingerprint density at radius 3 is 1.17 bits per heavy atom. The number of carbonyl (C=O) groups is 13. The molecular formula is C103H91N19O21S. The first-order valence-electron chi connectivity index (χ1n) is 46.2. The molecule has 0 unspecified atom stereocenters. The molecule has 24 rings (SSSR count). The third kappa shape index (κ3) is 17.0. The molecule has 4 aromatic carbocycles. The van der Waals surface area contributed by atoms with Crippen LogP contribution in [0.4, 0.5) is 5.82 Å². The van der Waals surface area contributed by atoms with Gasteiger partial charge in [0, 0.05) is 167 Å². The van der Waals surface area contributed by atoms with Crippen molar-refractivity contribution in [3.8, 4) is 45.6 Å². The standard InChI is InChI=1S/C28H27N5O5.C25H23N5O6.C25H21N5O5.C25H20N4O5S/c1-16(2)12-33-14-18(11-29-33)21-6-7-23-22(30-21)9-24(38-23)28(10-25(34)31-27(28)36)15-32-13-17-4-5-19(37-3)8-20(17)26(32)35;1-35-15-3-2-14-11-30(23(33)16(14)8-15)13-25(10-21(31)28-24(25)34)19-9-17-18(36-19)4-5-20(27-17)29-7-6-26-22(32)12-29;1-29-19(7-8-26-29)17-5-6-20-18(27-17)10-21(35-20)25(11-22(31)28-24(25)33)13-30-12-14-3-4-15(34-2)9-16(14)23(30)32;1-33-16-4-2-14-12-29(23(31)17(14)9-16)13-25(11-21(30)28-24(25)32)20-10-18-19(34-20)5-3-15(27-18)8-22-26-6-7-35-22/h4-9,11,14,16H,10,12-13,15H2,1-3H3,(H,31,34,36);2-5,8-9H,6-7,10-13H2,1H3,(H,26,32)(H,28,31,34);3-10H,11-13H2,1-2H3,(H,28,31,33);2-7,9-10H,8,11-13H2,1H3,(H,28,30,32)/t28-;3*25-/m1111/s1. The van der Waals surface area contributed by atoms with E-state index < -0.39 is 68.9 Å². The van der Waals surface area contributed by atoms with E-state index in [9.17, 15) is 62.3 Å². The summed E-state index contributed by atoms with van der Waals surface area (Å²) in [4.78, 5) is 198. The third-order valence-electron chi connectivity index (χ3n) is 27.4. The quantitative estimate of drug-likeness (QED) is 0.0373. The number of amides is 13. The number of imide groups is 4. The van der Waals surface area contributed by atoms with Crippen molar-refractivity contribution < 1.29 is 98.9 Å². The van der Waals surface area contributed by atoms with E-state index in [-0.39, 0.29) is 93.7 Å². The Morgan fingerprint density at radius 2 is 0.806 bits per heavy atom. The number of hydrogen-bond donors (Lipinski definition) is 5. The lowest BCUT2D eigenvalue weighted by atomic mass is 9.82. The molecule has 0 spiro atoms. The van der Waals surface area contributed by atoms with Crippen molar-refractivity contribution in [1.82, 2.24) is 90.7 Å². The van der Waals surface area contributed by atoms with Gasteiger partial charge in [0.1, 0.15) is 95.6 Å². The number of rotatable bonds is 23. The Kier molecular flexibility index (Phi) is 23.7. The number of hydrogen-bond acceptors (Lipinski definition) is 30. The highest BCUT2D eigenvalue weighted by Crippen LogP contribution is 2.46. The maximum atomic E-state index is 13.3. The average molecular weight is 1960 g/mol. The minimum absolute atomic E-state index is 0.00491. The third-order valence-corrected chi connectivity index (χ3v) is 28.2. The zero-order valence-electron chi connectivity index (χ0n) is 78.7. The number of thiazole rings is 1. The predicted molar refractivity (Wildman–Crippen MR) is 513 cm³/mol. The number of pyridine rings is 4. The molecule has 0 saturated carbocycles. The number of ether oxygens (including phenoxy) is 4. The van der Waals surface area contributed by atoms with E-state index in [2.05, 4.69) is 70.6 Å². The van der Waals surface area contributed by atoms with Crippen molar-refractivity contribution >= 4 is 138 Å². The Morgan fingerprint density at radius 1 is 0.417 bits per heavy atom. The van der Waals surface area contributed by atoms with Crippen LogP contribution in [0.2, 0.25) is 0 Å². The molecule has 9 aliphatic heterocycles. The van der Waals surface area contributed by atoms with Gasteiger partial charge in [0.15, 0.2) is 22.3 Å². The molecule has 0 radical (unpaired) electrons. The Labute approximate surface area is 821 Å². The molecule has 5 N–H and O–H groups in total. The van der Waals surface area contributed by atoms with E-state index in [0.29, 0.717) is 170 Å². The lowest BCUT2D eigenvalue weighted by Gasteiger charge is -2.28. The number of methoxy groups -OCH3 is 4. The molecule has 9 aliphatic rings. The van der Waals surface area contributed by atoms with Crippen LogP contribution < -0.4 is 50.4 Å². The second-order valence-corrected chi connectivity index (χ2v) is 38.2. The molecule has 20 heterocycles. The fourth-order valence-electron chi connectivity index (χ4n) is 20.1. The summed E-state index contributed by atoms with van der Waals surface area (Å²) in [7, 11) is 7.98. The number of piperazine rings is 1. The summed E-state index contributed by atoms with van der Waals surface area (Å²) in [5.41, 5.74) is 8.05. The van der Waals surface area contributed by atoms with Crippen LogP contribution in [0.3, 0.4) is 0 Å². The maximum Gasteiger partial charge on any atom is 0.254 e. The summed E-state index contributed by atoms with van der Waals surface area (Å²) in [5, 5.41) is 23.8. The molecule has 0 aliphatic carbocycles. The SMILES string of the molecule is COc1ccc2c(c1)C(=O)N(C[C@@]1(c3cc4nc(-c5ccnn5C)ccc4o3)CC(=O)NC1=O)C2.COc1ccc2c(c1)C(=O)N(C[C@@]1(c3cc4nc(-c5cnn(CC(C)C)c5)ccc4o3)CC(=O)NC1=O)C2.COc1ccc2c(c1)C(=O)N(C[C@@]1(c3cc4nc(Cc5nccs5)ccc4o3)CC(=O)NC1=O)C2.COc1ccc2c(c1)C(=O)N(C[C@@]1(c3cc4nc(N5CCNC(=O)C5)ccc4o3)CC(=O)NC1=O)C2. The van der Waals surface area contributed by atoms with Gasteiger partial charge in [-0.05, 0) is 131 Å². The van der Waals surface area contributed by atoms with E-state index in [4.69, 9.17) is 41.6 Å². The molecule has 41 heteroatoms. The molecule has 15 aromatic rings. The van der Waals surface area contributed by atoms with Crippen molar-refractivity contribution in [3.63, 3.8) is 0 Å². The molecular weight excluding hydrogens is 1870 g/mol. The lowest BCUT2D eigenvalue weighted by Crippen LogP contribution is -2.48. The summed E-state index contributed by atoms with van der Waals surface area (Å²) in [5.74, 6) is -0.0423. The molecule has 11 aromatic heterocycles. The molecule has 730 valence electrons. The zero-order chi connectivity index (χ0) is 100. The Balaban J connectivity index is 0.000000113. The van der Waals surface area contributed by atoms with Crippen LogP contribution in [0.25, 0.3) is 67.0 Å². The van der Waals surface area contributed by atoms with Crippen molar-refractivity contribution in [3.05, 3.63) is 260 Å². The number of benzene rings is 4. The van der Waals surface area contributed by atoms with Gasteiger partial charge in [-0.25, -0.2) is 24.9 Å². The minimum Gasteiger partial charge on any atom is -0.497 e. The predicted octanol–water partition coefficient (Wildman–Crippen LogP) is 9.01. The Hall–Kier alpha value is -17.4. The van der Waals surface area contributed by atoms with Gasteiger partial charge in [0.2, 0.25) is 53.2 Å². The minimum atomic E-state index is -1.38. The van der Waals surface area contributed by atoms with E-state index in [0.717, 1.165) is 56.5 Å². The first kappa shape index (κ1) is 92.9. The summed E-state index contributed by atoms with van der Waals surface area (Å²) in [6.07, 6.45) is 7.25. The number of nitrogens with one attached hydrogen (secondary N) is 5. The molecule has 13 amide bonds. The average Bonchev–Trinajstić information content (AvgIpc) is 1.77. The van der Waals surface area contributed by atoms with E-state index in [1.54, 1.807) is 172 Å². The summed E-state index contributed by atoms with van der Waals surface area (Å²) < 4.78 is 49.0. The van der Waals surface area contributed by atoms with Gasteiger partial charge in [-0.1, -0.05) is 38.1 Å². The monoisotopic (exact) mass is 1960 g/mol. The largest absolute Gasteiger partial charge is 0.497 e. The highest BCUT2D eigenvalue weighted by molar-refractivity contribution is 7.09. The smallest absolute Gasteiger partial charge is 0.254 e. The van der Waals surface area contributed by atoms with Gasteiger partial charge < -0.3 is 66.4 Å². The Bertz CT molecular complexity index is 7900. The zero-order valence-corrected chi connectivity index (χ0v) is 79.5. The molecule has 40 nitrogen and oxygen atoms in total. The number of aryl methyl sites for hydroxylation is 1. The molecule has 5 fully saturated rings. The summed E-state index contributed by atoms with van der Waals surface area (Å²) in [6, 6.07) is 44.3. The molecule has 5 saturated heterocycles. The van der Waals surface area contributed by atoms with Gasteiger partial charge >= 0.3 is 0 Å². The van der Waals surface area contributed by atoms with Crippen molar-refractivity contribution in [2.24, 2.45) is 13.0 Å². The lowest BCUT2D eigenvalue weighted by molar-refractivity contribution is -0.128. The first-order valence-corrected chi connectivity index (χ1v) is 47.1. The van der Waals surface area contributed by atoms with E-state index >= 15 is 0 Å². The first-order chi connectivity index (χ1) is 69.4. The van der Waals surface area contributed by atoms with E-state index in [1.807, 2.05) is 76.7 Å². The van der Waals surface area contributed by atoms with Crippen LogP contribution in [0.1, 0.15) is 137 Å². The van der Waals surface area contributed by atoms with Crippen LogP contribution in [-0.2, 0) is 111 Å². The van der Waals surface area contributed by atoms with Gasteiger partial charge in [0.05, 0.1) is 89.0 Å². The topological polar surface area (TPSA) is 488 Å². The van der Waals surface area contributed by atoms with Crippen LogP contribution in [-0.4, -0.2) is 215 Å². The molecule has 0 bridgehead atoms. The van der Waals surface area contributed by atoms with Gasteiger partial charge in [0.25, 0.3) is 23.6 Å². The van der Waals surface area contributed by atoms with Crippen LogP contribution in [0.15, 0.2) is 199 Å². The van der Waals surface area contributed by atoms with Crippen LogP contribution in [0.5, 0.6) is 23.0 Å². The molecule has 144 heavy (non-hydrogen) atoms. The van der Waals surface area contributed by atoms with Gasteiger partial charge in [-0.15, -0.1) is 11.3 Å². The van der Waals surface area contributed by atoms with Crippen LogP contribution >= 0.6 is 11.3 Å². The summed E-state index contributed by atoms with van der Waals surface area (Å²) >= 11 is 1.55. The molecule has 4 atom stereocenters. The van der Waals surface area contributed by atoms with Crippen molar-refractivity contribution in [2.45, 2.75) is 100 Å². The number of anilines is 1. The highest BCUT2D eigenvalue weighted by Gasteiger charge is 2.58. The number of carbonyl (C=O) groups excluding carboxylic acids is 13. The fourth-order valence-corrected chi connectivity index (χ4v) is 20.7. The van der Waals surface area contributed by atoms with Gasteiger partial charge in [-0.2, -0.15) is 10.2 Å². The summed E-state index contributed by atoms with van der Waals surface area (Å²) in [6.45, 7) is 7.66. The maximum absolute atomic E-state index is 13.3. The fraction of sp³-hybridized carbons (Fsp3) is 0.282. The second kappa shape index (κ2) is 36.7. The van der Waals surface area contributed by atoms with E-state index in [1.165, 1.54) is 14.2 Å². The number of aromatic nitrogens is 9. The van der Waals surface area contributed by atoms with Gasteiger partial charge in [-0.3, -0.25) is 93.0 Å². The normalized spacial score (nSPS) is 19.9.